The van der Waals surface area contributed by atoms with Gasteiger partial charge in [-0.1, -0.05) is 12.1 Å². The lowest BCUT2D eigenvalue weighted by molar-refractivity contribution is -0.158. The average molecular weight is 873 g/mol. The number of carbonyl (C=O) groups excluding carboxylic acids is 2. The Bertz CT molecular complexity index is 2360. The van der Waals surface area contributed by atoms with E-state index in [4.69, 9.17) is 23.9 Å². The first-order valence-electron chi connectivity index (χ1n) is 20.7. The number of ether oxygens (including phenoxy) is 4. The van der Waals surface area contributed by atoms with E-state index in [0.717, 1.165) is 67.0 Å². The molecule has 17 heteroatoms. The summed E-state index contributed by atoms with van der Waals surface area (Å²) in [6.07, 6.45) is 3.56. The molecule has 0 radical (unpaired) electrons. The van der Waals surface area contributed by atoms with Crippen molar-refractivity contribution in [3.63, 3.8) is 0 Å². The van der Waals surface area contributed by atoms with Crippen LogP contribution in [-0.4, -0.2) is 96.4 Å². The smallest absolute Gasteiger partial charge is 0.410 e. The van der Waals surface area contributed by atoms with Gasteiger partial charge in [0.05, 0.1) is 49.9 Å². The molecule has 5 aromatic rings. The van der Waals surface area contributed by atoms with Crippen LogP contribution in [0.4, 0.5) is 30.5 Å². The van der Waals surface area contributed by atoms with Gasteiger partial charge in [0.2, 0.25) is 12.8 Å². The molecule has 1 atom stereocenters. The van der Waals surface area contributed by atoms with E-state index in [0.29, 0.717) is 49.9 Å². The minimum Gasteiger partial charge on any atom is -0.497 e. The van der Waals surface area contributed by atoms with E-state index in [1.165, 1.54) is 36.1 Å². The maximum Gasteiger partial charge on any atom is 0.410 e. The number of anilines is 3. The Morgan fingerprint density at radius 3 is 2.24 bits per heavy atom. The third-order valence-electron chi connectivity index (χ3n) is 10.9. The Labute approximate surface area is 365 Å². The first kappa shape index (κ1) is 46.4. The van der Waals surface area contributed by atoms with Crippen molar-refractivity contribution in [3.05, 3.63) is 100 Å². The van der Waals surface area contributed by atoms with Crippen LogP contribution in [0, 0.1) is 6.92 Å². The fourth-order valence-corrected chi connectivity index (χ4v) is 7.05. The molecule has 2 fully saturated rings. The van der Waals surface area contributed by atoms with Crippen LogP contribution in [0.3, 0.4) is 0 Å². The number of benzene rings is 2. The second-order valence-corrected chi connectivity index (χ2v) is 16.4. The van der Waals surface area contributed by atoms with Gasteiger partial charge < -0.3 is 39.4 Å². The van der Waals surface area contributed by atoms with Gasteiger partial charge in [-0.15, -0.1) is 0 Å². The summed E-state index contributed by atoms with van der Waals surface area (Å²) >= 11 is 0. The van der Waals surface area contributed by atoms with E-state index in [-0.39, 0.29) is 24.5 Å². The maximum atomic E-state index is 13.2. The van der Waals surface area contributed by atoms with Gasteiger partial charge in [-0.3, -0.25) is 9.59 Å². The van der Waals surface area contributed by atoms with Crippen LogP contribution in [-0.2, 0) is 45.2 Å². The van der Waals surface area contributed by atoms with Crippen LogP contribution >= 0.6 is 0 Å². The molecule has 14 nitrogen and oxygen atoms in total. The zero-order chi connectivity index (χ0) is 45.3. The van der Waals surface area contributed by atoms with E-state index in [1.54, 1.807) is 28.3 Å². The van der Waals surface area contributed by atoms with Crippen molar-refractivity contribution in [1.29, 1.82) is 0 Å². The van der Waals surface area contributed by atoms with Crippen molar-refractivity contribution in [2.75, 3.05) is 56.5 Å². The van der Waals surface area contributed by atoms with E-state index < -0.39 is 18.8 Å². The zero-order valence-corrected chi connectivity index (χ0v) is 36.7. The van der Waals surface area contributed by atoms with Gasteiger partial charge in [0.15, 0.2) is 0 Å². The number of carbonyl (C=O) groups is 2. The SMILES string of the molecule is COC(C)(C)C.COc1ccc(CNc2nc3cc(Cc4cnc(C5CC5)nc4)ccc3c3c2COC3)c(OC)c1.Cc1nc(N2CCN(C=O)CC2C(F)(F)F)ccc1NC=O. The fourth-order valence-electron chi connectivity index (χ4n) is 7.05. The second kappa shape index (κ2) is 20.4. The van der Waals surface area contributed by atoms with Crippen LogP contribution in [0.5, 0.6) is 11.5 Å². The summed E-state index contributed by atoms with van der Waals surface area (Å²) in [6.45, 7) is 9.22. The molecule has 3 aromatic heterocycles. The molecule has 3 aliphatic rings. The molecule has 1 saturated heterocycles. The Hall–Kier alpha value is -6.07. The molecule has 1 aliphatic carbocycles. The highest BCUT2D eigenvalue weighted by atomic mass is 19.4. The van der Waals surface area contributed by atoms with Crippen molar-refractivity contribution in [1.82, 2.24) is 24.8 Å². The molecule has 2 N–H and O–H groups in total. The average Bonchev–Trinajstić information content (AvgIpc) is 4.01. The van der Waals surface area contributed by atoms with Gasteiger partial charge >= 0.3 is 6.18 Å². The van der Waals surface area contributed by atoms with E-state index in [1.807, 2.05) is 51.4 Å². The van der Waals surface area contributed by atoms with Crippen molar-refractivity contribution >= 4 is 41.0 Å². The van der Waals surface area contributed by atoms with E-state index in [9.17, 15) is 22.8 Å². The molecule has 63 heavy (non-hydrogen) atoms. The maximum absolute atomic E-state index is 13.2. The standard InChI is InChI=1S/C28H28N4O3.C13H15F3N4O2.C5H12O/c1-33-21-7-6-20(26(11-21)34-2)14-31-28-24-16-35-15-23(24)22-8-3-17(10-25(22)32-28)9-18-12-29-27(30-13-18)19-4-5-19;1-9-10(17-7-21)2-3-12(18-9)20-5-4-19(8-22)6-11(20)13(14,15)16;1-5(2,3)6-4/h3,6-8,10-13,19H,4-5,9,14-16H2,1-2H3,(H,31,32);2-3,7-8,11H,4-6H2,1H3,(H,17,21);1-4H3. The second-order valence-electron chi connectivity index (χ2n) is 16.4. The molecule has 5 heterocycles. The Balaban J connectivity index is 0.000000202. The number of pyridine rings is 2. The van der Waals surface area contributed by atoms with E-state index in [2.05, 4.69) is 43.8 Å². The molecule has 336 valence electrons. The number of piperazine rings is 1. The number of amides is 2. The minimum absolute atomic E-state index is 0.0375. The van der Waals surface area contributed by atoms with Gasteiger partial charge in [0, 0.05) is 80.6 Å². The van der Waals surface area contributed by atoms with Crippen LogP contribution in [0.15, 0.2) is 60.9 Å². The van der Waals surface area contributed by atoms with Crippen LogP contribution in [0.1, 0.15) is 78.9 Å². The zero-order valence-electron chi connectivity index (χ0n) is 36.7. The highest BCUT2D eigenvalue weighted by Crippen LogP contribution is 2.38. The van der Waals surface area contributed by atoms with Crippen LogP contribution in [0.2, 0.25) is 0 Å². The lowest BCUT2D eigenvalue weighted by Gasteiger charge is -2.41. The Morgan fingerprint density at radius 1 is 0.889 bits per heavy atom. The highest BCUT2D eigenvalue weighted by Gasteiger charge is 2.47. The summed E-state index contributed by atoms with van der Waals surface area (Å²) in [5, 5.41) is 7.10. The molecule has 0 spiro atoms. The number of hydrogen-bond donors (Lipinski definition) is 2. The number of aryl methyl sites for hydroxylation is 1. The third-order valence-corrected chi connectivity index (χ3v) is 10.9. The van der Waals surface area contributed by atoms with Gasteiger partial charge in [-0.2, -0.15) is 13.2 Å². The Kier molecular flexibility index (Phi) is 15.0. The van der Waals surface area contributed by atoms with Crippen molar-refractivity contribution in [2.24, 2.45) is 0 Å². The van der Waals surface area contributed by atoms with Crippen molar-refractivity contribution in [3.8, 4) is 11.5 Å². The van der Waals surface area contributed by atoms with Crippen LogP contribution in [0.25, 0.3) is 10.9 Å². The lowest BCUT2D eigenvalue weighted by atomic mass is 10.0. The number of hydrogen-bond acceptors (Lipinski definition) is 12. The molecule has 8 rings (SSSR count). The molecule has 1 unspecified atom stereocenters. The molecule has 1 saturated carbocycles. The Morgan fingerprint density at radius 2 is 1.62 bits per heavy atom. The van der Waals surface area contributed by atoms with Gasteiger partial charge in [0.25, 0.3) is 0 Å². The monoisotopic (exact) mass is 872 g/mol. The third kappa shape index (κ3) is 12.1. The minimum atomic E-state index is -4.48. The summed E-state index contributed by atoms with van der Waals surface area (Å²) in [7, 11) is 5.03. The largest absolute Gasteiger partial charge is 0.497 e. The first-order chi connectivity index (χ1) is 30.1. The summed E-state index contributed by atoms with van der Waals surface area (Å²) in [5.74, 6) is 4.13. The number of fused-ring (bicyclic) bond motifs is 3. The molecular formula is C46H55F3N8O6. The summed E-state index contributed by atoms with van der Waals surface area (Å²) in [5.41, 5.74) is 7.54. The van der Waals surface area contributed by atoms with Gasteiger partial charge in [-0.25, -0.2) is 19.9 Å². The van der Waals surface area contributed by atoms with Crippen molar-refractivity contribution in [2.45, 2.75) is 90.5 Å². The summed E-state index contributed by atoms with van der Waals surface area (Å²) in [6, 6.07) is 13.5. The van der Waals surface area contributed by atoms with Gasteiger partial charge in [-0.05, 0) is 87.6 Å². The normalized spacial score (nSPS) is 15.9. The molecule has 0 bridgehead atoms. The number of alkyl halides is 3. The van der Waals surface area contributed by atoms with Crippen LogP contribution < -0.4 is 25.0 Å². The fraction of sp³-hybridized carbons (Fsp3) is 0.435. The van der Waals surface area contributed by atoms with Crippen molar-refractivity contribution < 1.29 is 41.7 Å². The number of nitrogens with one attached hydrogen (secondary N) is 2. The topological polar surface area (TPSA) is 153 Å². The molecule has 2 aliphatic heterocycles. The molecule has 2 amide bonds. The number of nitrogens with zero attached hydrogens (tertiary/aromatic N) is 6. The van der Waals surface area contributed by atoms with Gasteiger partial charge in [0.1, 0.15) is 35.0 Å². The van der Waals surface area contributed by atoms with E-state index >= 15 is 0 Å². The highest BCUT2D eigenvalue weighted by molar-refractivity contribution is 5.87. The molecule has 2 aromatic carbocycles. The summed E-state index contributed by atoms with van der Waals surface area (Å²) < 4.78 is 61.3. The predicted molar refractivity (Wildman–Crippen MR) is 234 cm³/mol. The number of halogens is 3. The number of rotatable bonds is 12. The lowest BCUT2D eigenvalue weighted by Crippen LogP contribution is -2.59. The predicted octanol–water partition coefficient (Wildman–Crippen LogP) is 7.75. The summed E-state index contributed by atoms with van der Waals surface area (Å²) in [4.78, 5) is 41.7. The molecular weight excluding hydrogens is 818 g/mol. The number of methoxy groups -OCH3 is 3. The first-order valence-corrected chi connectivity index (χ1v) is 20.7. The quantitative estimate of drug-likeness (QED) is 0.118. The number of aromatic nitrogens is 4.